The number of hydrogen-bond acceptors (Lipinski definition) is 6. The molecule has 0 radical (unpaired) electrons. The van der Waals surface area contributed by atoms with Crippen LogP contribution < -0.4 is 10.2 Å². The fraction of sp³-hybridized carbons (Fsp3) is 0.800. The SMILES string of the molecule is C1CCC(c2nc(NC3CC3)nc(N3CCOCC3)n2)C1. The molecule has 1 N–H and O–H groups in total. The molecule has 4 rings (SSSR count). The Morgan fingerprint density at radius 2 is 1.71 bits per heavy atom. The maximum absolute atomic E-state index is 5.43. The van der Waals surface area contributed by atoms with E-state index in [1.54, 1.807) is 0 Å². The lowest BCUT2D eigenvalue weighted by molar-refractivity contribution is 0.122. The van der Waals surface area contributed by atoms with Gasteiger partial charge in [0.15, 0.2) is 0 Å². The number of nitrogens with zero attached hydrogens (tertiary/aromatic N) is 4. The summed E-state index contributed by atoms with van der Waals surface area (Å²) in [6, 6.07) is 0.571. The Morgan fingerprint density at radius 1 is 0.952 bits per heavy atom. The third-order valence-electron chi connectivity index (χ3n) is 4.57. The van der Waals surface area contributed by atoms with Gasteiger partial charge < -0.3 is 15.0 Å². The molecule has 21 heavy (non-hydrogen) atoms. The summed E-state index contributed by atoms with van der Waals surface area (Å²) in [7, 11) is 0. The Bertz CT molecular complexity index is 493. The third kappa shape index (κ3) is 3.10. The lowest BCUT2D eigenvalue weighted by Crippen LogP contribution is -2.37. The van der Waals surface area contributed by atoms with E-state index in [4.69, 9.17) is 14.7 Å². The number of anilines is 2. The molecule has 1 aromatic heterocycles. The molecule has 0 atom stereocenters. The van der Waals surface area contributed by atoms with Gasteiger partial charge in [0.25, 0.3) is 0 Å². The molecule has 0 unspecified atom stereocenters. The summed E-state index contributed by atoms with van der Waals surface area (Å²) in [6.07, 6.45) is 7.50. The molecule has 6 nitrogen and oxygen atoms in total. The largest absolute Gasteiger partial charge is 0.378 e. The maximum atomic E-state index is 5.43. The first-order valence-electron chi connectivity index (χ1n) is 8.24. The van der Waals surface area contributed by atoms with Gasteiger partial charge in [-0.15, -0.1) is 0 Å². The molecule has 6 heteroatoms. The molecule has 1 aliphatic heterocycles. The molecule has 0 bridgehead atoms. The Hall–Kier alpha value is -1.43. The quantitative estimate of drug-likeness (QED) is 0.914. The fourth-order valence-corrected chi connectivity index (χ4v) is 3.13. The summed E-state index contributed by atoms with van der Waals surface area (Å²) >= 11 is 0. The maximum Gasteiger partial charge on any atom is 0.230 e. The van der Waals surface area contributed by atoms with Gasteiger partial charge in [0.1, 0.15) is 5.82 Å². The Morgan fingerprint density at radius 3 is 2.43 bits per heavy atom. The molecule has 114 valence electrons. The van der Waals surface area contributed by atoms with Gasteiger partial charge in [-0.2, -0.15) is 15.0 Å². The highest BCUT2D eigenvalue weighted by atomic mass is 16.5. The average Bonchev–Trinajstić information content (AvgIpc) is 3.17. The number of aromatic nitrogens is 3. The van der Waals surface area contributed by atoms with Crippen LogP contribution in [-0.4, -0.2) is 47.3 Å². The number of hydrogen-bond donors (Lipinski definition) is 1. The minimum atomic E-state index is 0.521. The topological polar surface area (TPSA) is 63.2 Å². The summed E-state index contributed by atoms with van der Waals surface area (Å²) in [5.74, 6) is 3.12. The lowest BCUT2D eigenvalue weighted by Gasteiger charge is -2.27. The summed E-state index contributed by atoms with van der Waals surface area (Å²) in [4.78, 5) is 16.3. The molecule has 3 aliphatic rings. The Labute approximate surface area is 125 Å². The van der Waals surface area contributed by atoms with Gasteiger partial charge in [-0.25, -0.2) is 0 Å². The fourth-order valence-electron chi connectivity index (χ4n) is 3.13. The summed E-state index contributed by atoms with van der Waals surface area (Å²) in [5, 5.41) is 3.44. The second-order valence-electron chi connectivity index (χ2n) is 6.32. The number of morpholine rings is 1. The second-order valence-corrected chi connectivity index (χ2v) is 6.32. The number of ether oxygens (including phenoxy) is 1. The zero-order chi connectivity index (χ0) is 14.1. The Kier molecular flexibility index (Phi) is 3.63. The van der Waals surface area contributed by atoms with Crippen molar-refractivity contribution in [2.75, 3.05) is 36.5 Å². The molecule has 0 aromatic carbocycles. The van der Waals surface area contributed by atoms with Crippen LogP contribution >= 0.6 is 0 Å². The first-order chi connectivity index (χ1) is 10.4. The van der Waals surface area contributed by atoms with Crippen LogP contribution in [-0.2, 0) is 4.74 Å². The van der Waals surface area contributed by atoms with Crippen LogP contribution in [0, 0.1) is 0 Å². The van der Waals surface area contributed by atoms with Crippen LogP contribution in [0.5, 0.6) is 0 Å². The molecule has 2 heterocycles. The molecule has 1 aromatic rings. The normalized spacial score (nSPS) is 23.5. The second kappa shape index (κ2) is 5.75. The van der Waals surface area contributed by atoms with Gasteiger partial charge in [0.2, 0.25) is 11.9 Å². The van der Waals surface area contributed by atoms with E-state index in [1.165, 1.54) is 38.5 Å². The summed E-state index contributed by atoms with van der Waals surface area (Å²) in [5.41, 5.74) is 0. The van der Waals surface area contributed by atoms with Gasteiger partial charge in [-0.05, 0) is 25.7 Å². The predicted octanol–water partition coefficient (Wildman–Crippen LogP) is 1.94. The molecular formula is C15H23N5O. The summed E-state index contributed by atoms with van der Waals surface area (Å²) in [6.45, 7) is 3.26. The van der Waals surface area contributed by atoms with Crippen molar-refractivity contribution in [2.24, 2.45) is 0 Å². The highest BCUT2D eigenvalue weighted by molar-refractivity contribution is 5.39. The van der Waals surface area contributed by atoms with E-state index in [2.05, 4.69) is 15.2 Å². The van der Waals surface area contributed by atoms with Gasteiger partial charge in [0.05, 0.1) is 13.2 Å². The van der Waals surface area contributed by atoms with Crippen LogP contribution in [0.1, 0.15) is 50.3 Å². The van der Waals surface area contributed by atoms with E-state index in [1.807, 2.05) is 0 Å². The molecule has 0 spiro atoms. The third-order valence-corrected chi connectivity index (χ3v) is 4.57. The van der Waals surface area contributed by atoms with E-state index in [9.17, 15) is 0 Å². The summed E-state index contributed by atoms with van der Waals surface area (Å²) < 4.78 is 5.43. The van der Waals surface area contributed by atoms with E-state index >= 15 is 0 Å². The number of nitrogens with one attached hydrogen (secondary N) is 1. The molecule has 2 saturated carbocycles. The smallest absolute Gasteiger partial charge is 0.230 e. The van der Waals surface area contributed by atoms with Crippen molar-refractivity contribution in [3.63, 3.8) is 0 Å². The van der Waals surface area contributed by atoms with Crippen LogP contribution in [0.4, 0.5) is 11.9 Å². The van der Waals surface area contributed by atoms with Crippen molar-refractivity contribution in [2.45, 2.75) is 50.5 Å². The molecule has 2 aliphatic carbocycles. The van der Waals surface area contributed by atoms with Crippen molar-refractivity contribution in [1.29, 1.82) is 0 Å². The highest BCUT2D eigenvalue weighted by Crippen LogP contribution is 2.33. The van der Waals surface area contributed by atoms with Crippen LogP contribution in [0.2, 0.25) is 0 Å². The minimum absolute atomic E-state index is 0.521. The average molecular weight is 289 g/mol. The minimum Gasteiger partial charge on any atom is -0.378 e. The van der Waals surface area contributed by atoms with Crippen LogP contribution in [0.25, 0.3) is 0 Å². The van der Waals surface area contributed by atoms with Crippen molar-refractivity contribution >= 4 is 11.9 Å². The van der Waals surface area contributed by atoms with Crippen molar-refractivity contribution in [3.05, 3.63) is 5.82 Å². The van der Waals surface area contributed by atoms with E-state index in [-0.39, 0.29) is 0 Å². The van der Waals surface area contributed by atoms with E-state index in [0.29, 0.717) is 12.0 Å². The van der Waals surface area contributed by atoms with Gasteiger partial charge in [0, 0.05) is 25.0 Å². The molecule has 1 saturated heterocycles. The first kappa shape index (κ1) is 13.2. The van der Waals surface area contributed by atoms with Gasteiger partial charge >= 0.3 is 0 Å². The highest BCUT2D eigenvalue weighted by Gasteiger charge is 2.26. The Balaban J connectivity index is 1.61. The predicted molar refractivity (Wildman–Crippen MR) is 80.7 cm³/mol. The lowest BCUT2D eigenvalue weighted by atomic mass is 10.1. The molecule has 0 amide bonds. The molecular weight excluding hydrogens is 266 g/mol. The van der Waals surface area contributed by atoms with Gasteiger partial charge in [-0.1, -0.05) is 12.8 Å². The van der Waals surface area contributed by atoms with Gasteiger partial charge in [-0.3, -0.25) is 0 Å². The van der Waals surface area contributed by atoms with Crippen LogP contribution in [0.3, 0.4) is 0 Å². The zero-order valence-electron chi connectivity index (χ0n) is 12.4. The van der Waals surface area contributed by atoms with Crippen molar-refractivity contribution in [3.8, 4) is 0 Å². The standard InChI is InChI=1S/C15H23N5O/c1-2-4-11(3-1)13-17-14(16-12-5-6-12)19-15(18-13)20-7-9-21-10-8-20/h11-12H,1-10H2,(H,16,17,18,19). The number of rotatable bonds is 4. The van der Waals surface area contributed by atoms with Crippen LogP contribution in [0.15, 0.2) is 0 Å². The monoisotopic (exact) mass is 289 g/mol. The zero-order valence-corrected chi connectivity index (χ0v) is 12.4. The molecule has 3 fully saturated rings. The van der Waals surface area contributed by atoms with Crippen molar-refractivity contribution < 1.29 is 4.74 Å². The van der Waals surface area contributed by atoms with E-state index in [0.717, 1.165) is 44.0 Å². The van der Waals surface area contributed by atoms with E-state index < -0.39 is 0 Å². The first-order valence-corrected chi connectivity index (χ1v) is 8.24. The van der Waals surface area contributed by atoms with Crippen molar-refractivity contribution in [1.82, 2.24) is 15.0 Å².